The molecule has 0 amide bonds. The van der Waals surface area contributed by atoms with Gasteiger partial charge < -0.3 is 5.73 Å². The van der Waals surface area contributed by atoms with Gasteiger partial charge in [0.1, 0.15) is 0 Å². The Morgan fingerprint density at radius 2 is 2.23 bits per heavy atom. The average molecular weight is 240 g/mol. The van der Waals surface area contributed by atoms with E-state index in [4.69, 9.17) is 5.73 Å². The molecule has 0 fully saturated rings. The van der Waals surface area contributed by atoms with Gasteiger partial charge in [-0.05, 0) is 48.9 Å². The molecule has 1 aliphatic carbocycles. The average Bonchev–Trinajstić information content (AvgIpc) is 2.09. The van der Waals surface area contributed by atoms with Crippen molar-refractivity contribution >= 4 is 15.9 Å². The lowest BCUT2D eigenvalue weighted by Crippen LogP contribution is -2.17. The summed E-state index contributed by atoms with van der Waals surface area (Å²) in [4.78, 5) is 0. The molecular weight excluding hydrogens is 226 g/mol. The second-order valence-electron chi connectivity index (χ2n) is 3.80. The van der Waals surface area contributed by atoms with Crippen LogP contribution in [0.15, 0.2) is 16.6 Å². The van der Waals surface area contributed by atoms with Crippen molar-refractivity contribution < 1.29 is 0 Å². The summed E-state index contributed by atoms with van der Waals surface area (Å²) >= 11 is 3.55. The van der Waals surface area contributed by atoms with Gasteiger partial charge in [0.05, 0.1) is 0 Å². The van der Waals surface area contributed by atoms with E-state index < -0.39 is 0 Å². The van der Waals surface area contributed by atoms with Gasteiger partial charge in [-0.25, -0.2) is 0 Å². The molecule has 1 nitrogen and oxygen atoms in total. The number of halogens is 1. The number of hydrogen-bond acceptors (Lipinski definition) is 1. The first-order chi connectivity index (χ1) is 6.18. The Morgan fingerprint density at radius 1 is 1.46 bits per heavy atom. The van der Waals surface area contributed by atoms with Crippen LogP contribution in [-0.4, -0.2) is 0 Å². The number of benzene rings is 1. The second kappa shape index (κ2) is 3.43. The Kier molecular flexibility index (Phi) is 2.43. The lowest BCUT2D eigenvalue weighted by atomic mass is 9.87. The van der Waals surface area contributed by atoms with E-state index >= 15 is 0 Å². The molecule has 1 aromatic rings. The molecule has 1 aromatic carbocycles. The molecule has 2 heteroatoms. The summed E-state index contributed by atoms with van der Waals surface area (Å²) in [5.74, 6) is 0. The van der Waals surface area contributed by atoms with Crippen LogP contribution in [0, 0.1) is 6.92 Å². The summed E-state index contributed by atoms with van der Waals surface area (Å²) in [6.45, 7) is 2.13. The maximum atomic E-state index is 6.04. The van der Waals surface area contributed by atoms with E-state index in [1.165, 1.54) is 34.0 Å². The van der Waals surface area contributed by atoms with Gasteiger partial charge in [0.25, 0.3) is 0 Å². The monoisotopic (exact) mass is 239 g/mol. The van der Waals surface area contributed by atoms with Crippen molar-refractivity contribution in [1.29, 1.82) is 0 Å². The molecule has 0 spiro atoms. The molecule has 1 atom stereocenters. The van der Waals surface area contributed by atoms with E-state index in [0.717, 1.165) is 6.42 Å². The molecule has 0 heterocycles. The molecule has 0 saturated carbocycles. The van der Waals surface area contributed by atoms with Crippen LogP contribution in [0.1, 0.15) is 35.6 Å². The molecule has 0 aliphatic heterocycles. The Balaban J connectivity index is 2.52. The predicted molar refractivity (Wildman–Crippen MR) is 58.7 cm³/mol. The fourth-order valence-electron chi connectivity index (χ4n) is 1.99. The van der Waals surface area contributed by atoms with Crippen molar-refractivity contribution in [3.8, 4) is 0 Å². The number of rotatable bonds is 0. The molecule has 1 aliphatic rings. The molecule has 0 bridgehead atoms. The van der Waals surface area contributed by atoms with E-state index in [9.17, 15) is 0 Å². The van der Waals surface area contributed by atoms with Crippen LogP contribution in [0.4, 0.5) is 0 Å². The first-order valence-corrected chi connectivity index (χ1v) is 5.52. The highest BCUT2D eigenvalue weighted by atomic mass is 79.9. The lowest BCUT2D eigenvalue weighted by molar-refractivity contribution is 0.570. The van der Waals surface area contributed by atoms with Gasteiger partial charge in [-0.15, -0.1) is 0 Å². The highest BCUT2D eigenvalue weighted by Crippen LogP contribution is 2.31. The van der Waals surface area contributed by atoms with Crippen molar-refractivity contribution in [2.45, 2.75) is 32.2 Å². The van der Waals surface area contributed by atoms with Crippen LogP contribution in [0.25, 0.3) is 0 Å². The van der Waals surface area contributed by atoms with Crippen molar-refractivity contribution in [3.05, 3.63) is 33.3 Å². The summed E-state index contributed by atoms with van der Waals surface area (Å²) in [5.41, 5.74) is 10.1. The number of aryl methyl sites for hydroxylation is 2. The van der Waals surface area contributed by atoms with E-state index in [1.54, 1.807) is 0 Å². The first kappa shape index (κ1) is 9.22. The Morgan fingerprint density at radius 3 is 3.00 bits per heavy atom. The SMILES string of the molecule is Cc1cc2c(cc1Br)[C@H](N)CCC2. The minimum Gasteiger partial charge on any atom is -0.324 e. The van der Waals surface area contributed by atoms with Crippen molar-refractivity contribution in [2.75, 3.05) is 0 Å². The van der Waals surface area contributed by atoms with Crippen LogP contribution in [0.2, 0.25) is 0 Å². The second-order valence-corrected chi connectivity index (χ2v) is 4.65. The molecule has 0 radical (unpaired) electrons. The molecule has 70 valence electrons. The fourth-order valence-corrected chi connectivity index (χ4v) is 2.35. The van der Waals surface area contributed by atoms with Crippen LogP contribution < -0.4 is 5.73 Å². The minimum absolute atomic E-state index is 0.251. The van der Waals surface area contributed by atoms with Crippen LogP contribution in [0.5, 0.6) is 0 Å². The molecule has 0 saturated heterocycles. The van der Waals surface area contributed by atoms with Crippen LogP contribution in [-0.2, 0) is 6.42 Å². The van der Waals surface area contributed by atoms with Gasteiger partial charge in [0.15, 0.2) is 0 Å². The summed E-state index contributed by atoms with van der Waals surface area (Å²) in [7, 11) is 0. The summed E-state index contributed by atoms with van der Waals surface area (Å²) < 4.78 is 1.18. The zero-order valence-electron chi connectivity index (χ0n) is 7.81. The quantitative estimate of drug-likeness (QED) is 0.740. The zero-order chi connectivity index (χ0) is 9.42. The number of hydrogen-bond donors (Lipinski definition) is 1. The fraction of sp³-hybridized carbons (Fsp3) is 0.455. The van der Waals surface area contributed by atoms with Gasteiger partial charge in [-0.1, -0.05) is 22.0 Å². The highest BCUT2D eigenvalue weighted by molar-refractivity contribution is 9.10. The third-order valence-electron chi connectivity index (χ3n) is 2.78. The van der Waals surface area contributed by atoms with Gasteiger partial charge in [-0.3, -0.25) is 0 Å². The molecule has 0 aromatic heterocycles. The summed E-state index contributed by atoms with van der Waals surface area (Å²) in [6.07, 6.45) is 3.55. The van der Waals surface area contributed by atoms with Gasteiger partial charge in [0, 0.05) is 10.5 Å². The minimum atomic E-state index is 0.251. The molecule has 2 N–H and O–H groups in total. The lowest BCUT2D eigenvalue weighted by Gasteiger charge is -2.23. The Labute approximate surface area is 87.5 Å². The predicted octanol–water partition coefficient (Wildman–Crippen LogP) is 3.09. The molecule has 13 heavy (non-hydrogen) atoms. The van der Waals surface area contributed by atoms with Gasteiger partial charge in [0.2, 0.25) is 0 Å². The van der Waals surface area contributed by atoms with Gasteiger partial charge in [-0.2, -0.15) is 0 Å². The maximum absolute atomic E-state index is 6.04. The van der Waals surface area contributed by atoms with Gasteiger partial charge >= 0.3 is 0 Å². The normalized spacial score (nSPS) is 21.3. The first-order valence-electron chi connectivity index (χ1n) is 4.73. The van der Waals surface area contributed by atoms with Crippen LogP contribution >= 0.6 is 15.9 Å². The van der Waals surface area contributed by atoms with E-state index in [1.807, 2.05) is 0 Å². The Bertz CT molecular complexity index is 333. The molecule has 0 unspecified atom stereocenters. The van der Waals surface area contributed by atoms with E-state index in [2.05, 4.69) is 35.0 Å². The zero-order valence-corrected chi connectivity index (χ0v) is 9.39. The van der Waals surface area contributed by atoms with E-state index in [0.29, 0.717) is 0 Å². The standard InChI is InChI=1S/C11H14BrN/c1-7-5-8-3-2-4-11(13)9(8)6-10(7)12/h5-6,11H,2-4,13H2,1H3/t11-/m1/s1. The maximum Gasteiger partial charge on any atom is 0.0298 e. The Hall–Kier alpha value is -0.340. The number of fused-ring (bicyclic) bond motifs is 1. The topological polar surface area (TPSA) is 26.0 Å². The van der Waals surface area contributed by atoms with Crippen LogP contribution in [0.3, 0.4) is 0 Å². The molecule has 2 rings (SSSR count). The summed E-state index contributed by atoms with van der Waals surface area (Å²) in [6, 6.07) is 4.70. The largest absolute Gasteiger partial charge is 0.324 e. The van der Waals surface area contributed by atoms with Crippen molar-refractivity contribution in [1.82, 2.24) is 0 Å². The smallest absolute Gasteiger partial charge is 0.0298 e. The van der Waals surface area contributed by atoms with E-state index in [-0.39, 0.29) is 6.04 Å². The third-order valence-corrected chi connectivity index (χ3v) is 3.64. The third kappa shape index (κ3) is 1.65. The highest BCUT2D eigenvalue weighted by Gasteiger charge is 2.17. The summed E-state index contributed by atoms with van der Waals surface area (Å²) in [5, 5.41) is 0. The number of nitrogens with two attached hydrogens (primary N) is 1. The van der Waals surface area contributed by atoms with Crippen molar-refractivity contribution in [3.63, 3.8) is 0 Å². The van der Waals surface area contributed by atoms with Crippen molar-refractivity contribution in [2.24, 2.45) is 5.73 Å². The molecular formula is C11H14BrN.